The van der Waals surface area contributed by atoms with Crippen LogP contribution in [0.4, 0.5) is 11.5 Å². The fraction of sp³-hybridized carbons (Fsp3) is 0.571. The van der Waals surface area contributed by atoms with Gasteiger partial charge in [0.15, 0.2) is 0 Å². The maximum atomic E-state index is 12.5. The minimum absolute atomic E-state index is 0.0392. The molecule has 1 fully saturated rings. The quantitative estimate of drug-likeness (QED) is 0.853. The molecule has 1 saturated heterocycles. The first-order valence-electron chi connectivity index (χ1n) is 6.80. The molecule has 0 atom stereocenters. The van der Waals surface area contributed by atoms with Crippen LogP contribution in [-0.2, 0) is 9.53 Å². The summed E-state index contributed by atoms with van der Waals surface area (Å²) in [7, 11) is 3.85. The molecule has 1 aliphatic heterocycles. The molecule has 1 aromatic rings. The molecule has 0 aromatic carbocycles. The Labute approximate surface area is 119 Å². The first kappa shape index (κ1) is 14.7. The highest BCUT2D eigenvalue weighted by atomic mass is 16.5. The van der Waals surface area contributed by atoms with Crippen LogP contribution in [0.1, 0.15) is 12.8 Å². The molecular weight excluding hydrogens is 256 g/mol. The molecule has 2 heterocycles. The van der Waals surface area contributed by atoms with Crippen LogP contribution in [0.5, 0.6) is 0 Å². The van der Waals surface area contributed by atoms with Crippen molar-refractivity contribution in [3.63, 3.8) is 0 Å². The van der Waals surface area contributed by atoms with Gasteiger partial charge in [-0.15, -0.1) is 0 Å². The number of ether oxygens (including phenoxy) is 1. The zero-order valence-electron chi connectivity index (χ0n) is 12.1. The molecule has 0 radical (unpaired) electrons. The lowest BCUT2D eigenvalue weighted by molar-refractivity contribution is -0.130. The van der Waals surface area contributed by atoms with Crippen LogP contribution in [0.15, 0.2) is 18.3 Å². The van der Waals surface area contributed by atoms with E-state index in [0.717, 1.165) is 5.82 Å². The number of aromatic nitrogens is 1. The summed E-state index contributed by atoms with van der Waals surface area (Å²) in [4.78, 5) is 18.6. The van der Waals surface area contributed by atoms with E-state index in [1.165, 1.54) is 0 Å². The number of pyridine rings is 1. The number of hydrogen-bond acceptors (Lipinski definition) is 5. The van der Waals surface area contributed by atoms with Crippen molar-refractivity contribution >= 4 is 17.4 Å². The molecule has 2 rings (SSSR count). The molecule has 0 aliphatic carbocycles. The van der Waals surface area contributed by atoms with Gasteiger partial charge in [-0.2, -0.15) is 0 Å². The van der Waals surface area contributed by atoms with Crippen LogP contribution in [-0.4, -0.2) is 44.7 Å². The van der Waals surface area contributed by atoms with Gasteiger partial charge in [0.1, 0.15) is 5.82 Å². The number of hydrogen-bond donors (Lipinski definition) is 2. The fourth-order valence-electron chi connectivity index (χ4n) is 2.27. The summed E-state index contributed by atoms with van der Waals surface area (Å²) in [6.45, 7) is 1.51. The third-order valence-electron chi connectivity index (χ3n) is 3.79. The molecule has 20 heavy (non-hydrogen) atoms. The monoisotopic (exact) mass is 278 g/mol. The molecule has 1 aliphatic rings. The Balaban J connectivity index is 2.06. The number of nitrogens with two attached hydrogens (primary N) is 1. The number of carbonyl (C=O) groups excluding carboxylic acids is 1. The van der Waals surface area contributed by atoms with Crippen LogP contribution >= 0.6 is 0 Å². The number of carbonyl (C=O) groups is 1. The van der Waals surface area contributed by atoms with Gasteiger partial charge in [0.05, 0.1) is 17.3 Å². The Hall–Kier alpha value is -1.66. The average Bonchev–Trinajstić information content (AvgIpc) is 2.48. The van der Waals surface area contributed by atoms with Crippen molar-refractivity contribution in [1.29, 1.82) is 0 Å². The maximum Gasteiger partial charge on any atom is 0.232 e. The number of nitrogens with one attached hydrogen (secondary N) is 1. The molecule has 6 nitrogen and oxygen atoms in total. The van der Waals surface area contributed by atoms with Crippen molar-refractivity contribution in [3.05, 3.63) is 18.3 Å². The second-order valence-corrected chi connectivity index (χ2v) is 5.35. The molecule has 0 saturated carbocycles. The lowest BCUT2D eigenvalue weighted by atomic mass is 9.79. The van der Waals surface area contributed by atoms with Crippen LogP contribution in [0.3, 0.4) is 0 Å². The number of amides is 1. The minimum Gasteiger partial charge on any atom is -0.381 e. The van der Waals surface area contributed by atoms with Gasteiger partial charge in [-0.25, -0.2) is 4.98 Å². The van der Waals surface area contributed by atoms with Crippen molar-refractivity contribution in [2.75, 3.05) is 44.1 Å². The van der Waals surface area contributed by atoms with Crippen LogP contribution in [0.2, 0.25) is 0 Å². The number of nitrogens with zero attached hydrogens (tertiary/aromatic N) is 2. The molecule has 0 unspecified atom stereocenters. The highest BCUT2D eigenvalue weighted by Crippen LogP contribution is 2.30. The summed E-state index contributed by atoms with van der Waals surface area (Å²) >= 11 is 0. The van der Waals surface area contributed by atoms with Gasteiger partial charge < -0.3 is 20.7 Å². The second-order valence-electron chi connectivity index (χ2n) is 5.35. The Morgan fingerprint density at radius 1 is 1.45 bits per heavy atom. The maximum absolute atomic E-state index is 12.5. The van der Waals surface area contributed by atoms with Crippen molar-refractivity contribution in [3.8, 4) is 0 Å². The molecule has 0 bridgehead atoms. The van der Waals surface area contributed by atoms with E-state index in [1.807, 2.05) is 31.1 Å². The zero-order valence-corrected chi connectivity index (χ0v) is 12.1. The van der Waals surface area contributed by atoms with Crippen LogP contribution < -0.4 is 16.0 Å². The topological polar surface area (TPSA) is 80.5 Å². The van der Waals surface area contributed by atoms with Crippen molar-refractivity contribution in [2.45, 2.75) is 12.8 Å². The van der Waals surface area contributed by atoms with Gasteiger partial charge >= 0.3 is 0 Å². The minimum atomic E-state index is -0.515. The third kappa shape index (κ3) is 3.08. The highest BCUT2D eigenvalue weighted by Gasteiger charge is 2.38. The summed E-state index contributed by atoms with van der Waals surface area (Å²) in [5.41, 5.74) is 6.00. The first-order chi connectivity index (χ1) is 9.57. The SMILES string of the molecule is CN(C)c1ccc(NC(=O)C2(CN)CCOCC2)cn1. The summed E-state index contributed by atoms with van der Waals surface area (Å²) in [5.74, 6) is 0.810. The summed E-state index contributed by atoms with van der Waals surface area (Å²) in [6.07, 6.45) is 2.99. The van der Waals surface area contributed by atoms with Crippen molar-refractivity contribution in [1.82, 2.24) is 4.98 Å². The van der Waals surface area contributed by atoms with Crippen molar-refractivity contribution < 1.29 is 9.53 Å². The molecule has 6 heteroatoms. The van der Waals surface area contributed by atoms with Crippen molar-refractivity contribution in [2.24, 2.45) is 11.1 Å². The number of anilines is 2. The van der Waals surface area contributed by atoms with E-state index in [9.17, 15) is 4.79 Å². The molecule has 1 amide bonds. The Morgan fingerprint density at radius 2 is 2.15 bits per heavy atom. The molecular formula is C14H22N4O2. The van der Waals surface area contributed by atoms with E-state index in [1.54, 1.807) is 6.20 Å². The van der Waals surface area contributed by atoms with Gasteiger partial charge in [0, 0.05) is 33.9 Å². The Kier molecular flexibility index (Phi) is 4.57. The number of rotatable bonds is 4. The van der Waals surface area contributed by atoms with Gasteiger partial charge in [0.25, 0.3) is 0 Å². The van der Waals surface area contributed by atoms with E-state index < -0.39 is 5.41 Å². The zero-order chi connectivity index (χ0) is 14.6. The molecule has 0 spiro atoms. The first-order valence-corrected chi connectivity index (χ1v) is 6.80. The largest absolute Gasteiger partial charge is 0.381 e. The predicted molar refractivity (Wildman–Crippen MR) is 78.7 cm³/mol. The normalized spacial score (nSPS) is 17.6. The Morgan fingerprint density at radius 3 is 2.65 bits per heavy atom. The van der Waals surface area contributed by atoms with E-state index in [-0.39, 0.29) is 5.91 Å². The van der Waals surface area contributed by atoms with Crippen LogP contribution in [0, 0.1) is 5.41 Å². The Bertz CT molecular complexity index is 453. The summed E-state index contributed by atoms with van der Waals surface area (Å²) in [6, 6.07) is 3.72. The summed E-state index contributed by atoms with van der Waals surface area (Å²) < 4.78 is 5.32. The van der Waals surface area contributed by atoms with Crippen LogP contribution in [0.25, 0.3) is 0 Å². The third-order valence-corrected chi connectivity index (χ3v) is 3.79. The van der Waals surface area contributed by atoms with Gasteiger partial charge in [-0.1, -0.05) is 0 Å². The van der Waals surface area contributed by atoms with E-state index in [0.29, 0.717) is 38.3 Å². The second kappa shape index (κ2) is 6.19. The molecule has 3 N–H and O–H groups in total. The van der Waals surface area contributed by atoms with Gasteiger partial charge in [0.2, 0.25) is 5.91 Å². The van der Waals surface area contributed by atoms with Gasteiger partial charge in [-0.05, 0) is 25.0 Å². The standard InChI is InChI=1S/C14H22N4O2/c1-18(2)12-4-3-11(9-16-12)17-13(19)14(10-15)5-7-20-8-6-14/h3-4,9H,5-8,10,15H2,1-2H3,(H,17,19). The lowest BCUT2D eigenvalue weighted by Crippen LogP contribution is -2.46. The van der Waals surface area contributed by atoms with Gasteiger partial charge in [-0.3, -0.25) is 4.79 Å². The molecule has 110 valence electrons. The predicted octanol–water partition coefficient (Wildman–Crippen LogP) is 0.842. The molecule has 1 aromatic heterocycles. The lowest BCUT2D eigenvalue weighted by Gasteiger charge is -2.34. The van der Waals surface area contributed by atoms with E-state index >= 15 is 0 Å². The average molecular weight is 278 g/mol. The summed E-state index contributed by atoms with van der Waals surface area (Å²) in [5, 5.41) is 2.91. The smallest absolute Gasteiger partial charge is 0.232 e. The van der Waals surface area contributed by atoms with E-state index in [2.05, 4.69) is 10.3 Å². The van der Waals surface area contributed by atoms with E-state index in [4.69, 9.17) is 10.5 Å². The fourth-order valence-corrected chi connectivity index (χ4v) is 2.27. The highest BCUT2D eigenvalue weighted by molar-refractivity contribution is 5.95.